The first kappa shape index (κ1) is 24.2. The summed E-state index contributed by atoms with van der Waals surface area (Å²) in [5.41, 5.74) is 6.62. The summed E-state index contributed by atoms with van der Waals surface area (Å²) in [4.78, 5) is 5.09. The number of hydrogen-bond donors (Lipinski definition) is 1. The van der Waals surface area contributed by atoms with Crippen LogP contribution in [-0.4, -0.2) is 59.8 Å². The molecule has 0 spiro atoms. The quantitative estimate of drug-likeness (QED) is 0.333. The van der Waals surface area contributed by atoms with Gasteiger partial charge in [-0.05, 0) is 71.1 Å². The fourth-order valence-corrected chi connectivity index (χ4v) is 5.15. The van der Waals surface area contributed by atoms with Crippen molar-refractivity contribution >= 4 is 0 Å². The summed E-state index contributed by atoms with van der Waals surface area (Å²) in [5, 5.41) is 7.26. The van der Waals surface area contributed by atoms with Crippen LogP contribution in [0.2, 0.25) is 0 Å². The zero-order valence-electron chi connectivity index (χ0n) is 21.0. The first-order valence-electron chi connectivity index (χ1n) is 12.6. The molecule has 5 rings (SSSR count). The SMILES string of the molecule is CCCN1CCN(C(c2cn[nH]c2)c2cc(OC)cc(-c3ccc(-c4ccc(F)cc4)cc3)c2)CC1. The standard InChI is InChI=1S/C30H33FN4O/c1-3-12-34-13-15-35(16-14-34)30(27-20-32-33-21-27)26-17-25(18-29(19-26)36-2)24-6-4-22(5-7-24)23-8-10-28(31)11-9-23/h4-11,17-21,30H,3,12-16H2,1-2H3,(H,32,33). The highest BCUT2D eigenvalue weighted by Crippen LogP contribution is 2.35. The minimum atomic E-state index is -0.224. The number of piperazine rings is 1. The van der Waals surface area contributed by atoms with Crippen molar-refractivity contribution in [3.05, 3.63) is 96.1 Å². The molecule has 6 heteroatoms. The predicted octanol–water partition coefficient (Wildman–Crippen LogP) is 6.01. The lowest BCUT2D eigenvalue weighted by atomic mass is 9.93. The molecule has 0 saturated carbocycles. The minimum Gasteiger partial charge on any atom is -0.497 e. The fraction of sp³-hybridized carbons (Fsp3) is 0.300. The third kappa shape index (κ3) is 5.35. The van der Waals surface area contributed by atoms with E-state index in [1.54, 1.807) is 7.11 Å². The number of nitrogens with one attached hydrogen (secondary N) is 1. The number of hydrogen-bond acceptors (Lipinski definition) is 4. The van der Waals surface area contributed by atoms with Crippen molar-refractivity contribution in [2.24, 2.45) is 0 Å². The first-order valence-corrected chi connectivity index (χ1v) is 12.6. The number of rotatable bonds is 8. The molecule has 1 N–H and O–H groups in total. The molecular weight excluding hydrogens is 451 g/mol. The van der Waals surface area contributed by atoms with Crippen LogP contribution in [0.4, 0.5) is 4.39 Å². The van der Waals surface area contributed by atoms with Crippen LogP contribution in [0.3, 0.4) is 0 Å². The fourth-order valence-electron chi connectivity index (χ4n) is 5.15. The second kappa shape index (κ2) is 11.1. The lowest BCUT2D eigenvalue weighted by Gasteiger charge is -2.39. The summed E-state index contributed by atoms with van der Waals surface area (Å²) < 4.78 is 19.1. The van der Waals surface area contributed by atoms with Crippen LogP contribution >= 0.6 is 0 Å². The smallest absolute Gasteiger partial charge is 0.123 e. The normalized spacial score (nSPS) is 15.6. The number of aromatic amines is 1. The van der Waals surface area contributed by atoms with Gasteiger partial charge in [0.2, 0.25) is 0 Å². The summed E-state index contributed by atoms with van der Waals surface area (Å²) in [6.45, 7) is 7.56. The molecule has 1 fully saturated rings. The van der Waals surface area contributed by atoms with E-state index in [2.05, 4.69) is 69.4 Å². The molecule has 2 heterocycles. The number of benzene rings is 3. The number of methoxy groups -OCH3 is 1. The highest BCUT2D eigenvalue weighted by molar-refractivity contribution is 5.72. The summed E-state index contributed by atoms with van der Waals surface area (Å²) in [6, 6.07) is 21.6. The summed E-state index contributed by atoms with van der Waals surface area (Å²) in [6.07, 6.45) is 5.11. The predicted molar refractivity (Wildman–Crippen MR) is 143 cm³/mol. The van der Waals surface area contributed by atoms with Crippen molar-refractivity contribution in [2.75, 3.05) is 39.8 Å². The highest BCUT2D eigenvalue weighted by atomic mass is 19.1. The molecule has 0 radical (unpaired) electrons. The van der Waals surface area contributed by atoms with Crippen LogP contribution < -0.4 is 4.74 Å². The zero-order chi connectivity index (χ0) is 24.9. The molecular formula is C30H33FN4O. The zero-order valence-corrected chi connectivity index (χ0v) is 21.0. The Morgan fingerprint density at radius 2 is 1.50 bits per heavy atom. The van der Waals surface area contributed by atoms with Gasteiger partial charge in [-0.2, -0.15) is 5.10 Å². The second-order valence-electron chi connectivity index (χ2n) is 9.39. The van der Waals surface area contributed by atoms with Crippen LogP contribution in [0.1, 0.15) is 30.5 Å². The van der Waals surface area contributed by atoms with Crippen molar-refractivity contribution in [1.29, 1.82) is 0 Å². The monoisotopic (exact) mass is 484 g/mol. The third-order valence-corrected chi connectivity index (χ3v) is 7.02. The summed E-state index contributed by atoms with van der Waals surface area (Å²) >= 11 is 0. The Hall–Kier alpha value is -3.48. The molecule has 0 amide bonds. The van der Waals surface area contributed by atoms with E-state index < -0.39 is 0 Å². The van der Waals surface area contributed by atoms with Crippen LogP contribution in [0, 0.1) is 5.82 Å². The van der Waals surface area contributed by atoms with Gasteiger partial charge in [-0.25, -0.2) is 4.39 Å². The Kier molecular flexibility index (Phi) is 7.44. The molecule has 1 atom stereocenters. The Morgan fingerprint density at radius 3 is 2.08 bits per heavy atom. The van der Waals surface area contributed by atoms with Gasteiger partial charge in [0.1, 0.15) is 11.6 Å². The maximum atomic E-state index is 13.3. The maximum absolute atomic E-state index is 13.3. The van der Waals surface area contributed by atoms with E-state index in [0.717, 1.165) is 66.3 Å². The van der Waals surface area contributed by atoms with Gasteiger partial charge < -0.3 is 9.64 Å². The maximum Gasteiger partial charge on any atom is 0.123 e. The molecule has 1 aliphatic heterocycles. The molecule has 36 heavy (non-hydrogen) atoms. The summed E-state index contributed by atoms with van der Waals surface area (Å²) in [7, 11) is 1.72. The van der Waals surface area contributed by atoms with E-state index in [9.17, 15) is 4.39 Å². The molecule has 1 unspecified atom stereocenters. The van der Waals surface area contributed by atoms with Gasteiger partial charge >= 0.3 is 0 Å². The van der Waals surface area contributed by atoms with E-state index in [0.29, 0.717) is 0 Å². The van der Waals surface area contributed by atoms with Gasteiger partial charge in [-0.15, -0.1) is 0 Å². The first-order chi connectivity index (χ1) is 17.6. The lowest BCUT2D eigenvalue weighted by Crippen LogP contribution is -2.47. The van der Waals surface area contributed by atoms with Crippen LogP contribution in [0.5, 0.6) is 5.75 Å². The molecule has 0 aliphatic carbocycles. The van der Waals surface area contributed by atoms with Gasteiger partial charge in [0.05, 0.1) is 19.3 Å². The van der Waals surface area contributed by atoms with Gasteiger partial charge in [0.25, 0.3) is 0 Å². The molecule has 4 aromatic rings. The van der Waals surface area contributed by atoms with Crippen molar-refractivity contribution in [3.63, 3.8) is 0 Å². The minimum absolute atomic E-state index is 0.0971. The Balaban J connectivity index is 1.47. The number of H-pyrrole nitrogens is 1. The van der Waals surface area contributed by atoms with Crippen molar-refractivity contribution in [1.82, 2.24) is 20.0 Å². The van der Waals surface area contributed by atoms with Crippen LogP contribution in [0.15, 0.2) is 79.1 Å². The lowest BCUT2D eigenvalue weighted by molar-refractivity contribution is 0.109. The average Bonchev–Trinajstić information content (AvgIpc) is 3.45. The number of nitrogens with zero attached hydrogens (tertiary/aromatic N) is 3. The molecule has 0 bridgehead atoms. The van der Waals surface area contributed by atoms with E-state index in [-0.39, 0.29) is 11.9 Å². The molecule has 1 aliphatic rings. The topological polar surface area (TPSA) is 44.4 Å². The van der Waals surface area contributed by atoms with Gasteiger partial charge in [0, 0.05) is 37.9 Å². The number of halogens is 1. The number of aromatic nitrogens is 2. The Bertz CT molecular complexity index is 1250. The Morgan fingerprint density at radius 1 is 0.861 bits per heavy atom. The molecule has 5 nitrogen and oxygen atoms in total. The average molecular weight is 485 g/mol. The van der Waals surface area contributed by atoms with Gasteiger partial charge in [-0.1, -0.05) is 43.3 Å². The Labute approximate surface area is 212 Å². The number of ether oxygens (including phenoxy) is 1. The molecule has 186 valence electrons. The molecule has 1 aromatic heterocycles. The molecule has 1 saturated heterocycles. The van der Waals surface area contributed by atoms with Gasteiger partial charge in [0.15, 0.2) is 0 Å². The largest absolute Gasteiger partial charge is 0.497 e. The van der Waals surface area contributed by atoms with Crippen LogP contribution in [-0.2, 0) is 0 Å². The van der Waals surface area contributed by atoms with E-state index >= 15 is 0 Å². The molecule has 3 aromatic carbocycles. The summed E-state index contributed by atoms with van der Waals surface area (Å²) in [5.74, 6) is 0.612. The van der Waals surface area contributed by atoms with E-state index in [1.165, 1.54) is 24.1 Å². The second-order valence-corrected chi connectivity index (χ2v) is 9.39. The van der Waals surface area contributed by atoms with Crippen molar-refractivity contribution in [2.45, 2.75) is 19.4 Å². The van der Waals surface area contributed by atoms with E-state index in [1.807, 2.05) is 24.5 Å². The van der Waals surface area contributed by atoms with Crippen molar-refractivity contribution in [3.8, 4) is 28.0 Å². The van der Waals surface area contributed by atoms with Crippen LogP contribution in [0.25, 0.3) is 22.3 Å². The highest BCUT2D eigenvalue weighted by Gasteiger charge is 2.27. The van der Waals surface area contributed by atoms with Crippen molar-refractivity contribution < 1.29 is 9.13 Å². The van der Waals surface area contributed by atoms with E-state index in [4.69, 9.17) is 4.74 Å². The third-order valence-electron chi connectivity index (χ3n) is 7.02. The van der Waals surface area contributed by atoms with Gasteiger partial charge in [-0.3, -0.25) is 10.00 Å².